The number of aromatic nitrogens is 1. The second-order valence-corrected chi connectivity index (χ2v) is 3.30. The Balaban J connectivity index is 0.00000289. The van der Waals surface area contributed by atoms with Crippen LogP contribution in [-0.4, -0.2) is 37.1 Å². The molecule has 1 heterocycles. The number of carbonyl (C=O) groups excluding carboxylic acids is 1. The van der Waals surface area contributed by atoms with Gasteiger partial charge in [0.05, 0.1) is 18.9 Å². The summed E-state index contributed by atoms with van der Waals surface area (Å²) in [5.41, 5.74) is 6.49. The molecule has 1 aromatic rings. The maximum atomic E-state index is 11.5. The highest BCUT2D eigenvalue weighted by Gasteiger charge is 2.13. The number of hydrogen-bond acceptors (Lipinski definition) is 4. The van der Waals surface area contributed by atoms with Gasteiger partial charge in [-0.1, -0.05) is 0 Å². The molecule has 0 fully saturated rings. The molecule has 0 saturated carbocycles. The number of ether oxygens (including phenoxy) is 2. The second-order valence-electron chi connectivity index (χ2n) is 3.30. The maximum absolute atomic E-state index is 11.5. The minimum atomic E-state index is -0.434. The number of carbonyl (C=O) groups is 1. The van der Waals surface area contributed by atoms with Gasteiger partial charge in [0.1, 0.15) is 5.84 Å². The highest BCUT2D eigenvalue weighted by atomic mass is 35.5. The summed E-state index contributed by atoms with van der Waals surface area (Å²) in [5.74, 6) is -0.0206. The first-order chi connectivity index (χ1) is 8.19. The number of nitrogens with two attached hydrogens (primary N) is 1. The zero-order valence-corrected chi connectivity index (χ0v) is 11.3. The molecule has 6 nitrogen and oxygen atoms in total. The lowest BCUT2D eigenvalue weighted by Crippen LogP contribution is -2.14. The van der Waals surface area contributed by atoms with Crippen molar-refractivity contribution in [1.82, 2.24) is 4.98 Å². The average molecular weight is 276 g/mol. The lowest BCUT2D eigenvalue weighted by atomic mass is 10.3. The molecule has 0 unspecified atom stereocenters. The summed E-state index contributed by atoms with van der Waals surface area (Å²) >= 11 is 0. The van der Waals surface area contributed by atoms with Gasteiger partial charge in [-0.2, -0.15) is 0 Å². The Morgan fingerprint density at radius 3 is 2.89 bits per heavy atom. The highest BCUT2D eigenvalue weighted by Crippen LogP contribution is 2.18. The van der Waals surface area contributed by atoms with Gasteiger partial charge in [0, 0.05) is 19.7 Å². The molecule has 7 heteroatoms. The first kappa shape index (κ1) is 16.5. The summed E-state index contributed by atoms with van der Waals surface area (Å²) in [6, 6.07) is 1.67. The molecule has 0 saturated heterocycles. The molecule has 0 spiro atoms. The quantitative estimate of drug-likeness (QED) is 0.469. The van der Waals surface area contributed by atoms with Crippen molar-refractivity contribution in [3.05, 3.63) is 18.0 Å². The van der Waals surface area contributed by atoms with Crippen LogP contribution in [0, 0.1) is 0 Å². The van der Waals surface area contributed by atoms with E-state index >= 15 is 0 Å². The average Bonchev–Trinajstić information content (AvgIpc) is 2.75. The topological polar surface area (TPSA) is 89.7 Å². The molecule has 0 aliphatic heterocycles. The van der Waals surface area contributed by atoms with Crippen molar-refractivity contribution in [3.63, 3.8) is 0 Å². The van der Waals surface area contributed by atoms with Gasteiger partial charge in [0.25, 0.3) is 0 Å². The Hall–Kier alpha value is -1.53. The van der Waals surface area contributed by atoms with E-state index in [1.807, 2.05) is 0 Å². The first-order valence-electron chi connectivity index (χ1n) is 5.35. The number of amidine groups is 1. The summed E-state index contributed by atoms with van der Waals surface area (Å²) in [5, 5.41) is 0. The van der Waals surface area contributed by atoms with Gasteiger partial charge < -0.3 is 20.2 Å². The Bertz CT molecular complexity index is 404. The number of hydrogen-bond donors (Lipinski definition) is 2. The number of aromatic amines is 1. The molecular weight excluding hydrogens is 258 g/mol. The molecule has 0 aliphatic rings. The van der Waals surface area contributed by atoms with Crippen molar-refractivity contribution in [2.24, 2.45) is 10.7 Å². The molecule has 1 aromatic heterocycles. The van der Waals surface area contributed by atoms with Crippen LogP contribution in [0.4, 0.5) is 5.69 Å². The first-order valence-corrected chi connectivity index (χ1v) is 5.35. The minimum Gasteiger partial charge on any atom is -0.461 e. The lowest BCUT2D eigenvalue weighted by molar-refractivity contribution is 0.0521. The minimum absolute atomic E-state index is 0. The van der Waals surface area contributed by atoms with E-state index in [0.29, 0.717) is 36.9 Å². The summed E-state index contributed by atoms with van der Waals surface area (Å²) in [7, 11) is 1.59. The van der Waals surface area contributed by atoms with Gasteiger partial charge in [-0.15, -0.1) is 12.4 Å². The molecule has 0 atom stereocenters. The molecule has 3 N–H and O–H groups in total. The van der Waals surface area contributed by atoms with E-state index < -0.39 is 5.97 Å². The van der Waals surface area contributed by atoms with Gasteiger partial charge in [0.2, 0.25) is 0 Å². The van der Waals surface area contributed by atoms with Crippen LogP contribution in [0.5, 0.6) is 0 Å². The van der Waals surface area contributed by atoms with E-state index in [4.69, 9.17) is 15.2 Å². The largest absolute Gasteiger partial charge is 0.461 e. The van der Waals surface area contributed by atoms with Crippen molar-refractivity contribution in [2.45, 2.75) is 13.3 Å². The molecule has 0 aliphatic carbocycles. The number of esters is 1. The second kappa shape index (κ2) is 8.54. The normalized spacial score (nSPS) is 10.9. The Labute approximate surface area is 112 Å². The fourth-order valence-electron chi connectivity index (χ4n) is 1.24. The van der Waals surface area contributed by atoms with Crippen LogP contribution in [0.1, 0.15) is 23.8 Å². The lowest BCUT2D eigenvalue weighted by Gasteiger charge is -2.02. The smallest absolute Gasteiger partial charge is 0.356 e. The van der Waals surface area contributed by atoms with Gasteiger partial charge in [-0.3, -0.25) is 0 Å². The van der Waals surface area contributed by atoms with Crippen molar-refractivity contribution in [2.75, 3.05) is 20.3 Å². The fourth-order valence-corrected chi connectivity index (χ4v) is 1.24. The summed E-state index contributed by atoms with van der Waals surface area (Å²) in [6.45, 7) is 2.56. The third kappa shape index (κ3) is 4.77. The van der Waals surface area contributed by atoms with E-state index in [-0.39, 0.29) is 12.4 Å². The Kier molecular flexibility index (Phi) is 7.82. The van der Waals surface area contributed by atoms with Crippen LogP contribution >= 0.6 is 12.4 Å². The summed E-state index contributed by atoms with van der Waals surface area (Å²) in [4.78, 5) is 18.5. The highest BCUT2D eigenvalue weighted by molar-refractivity contribution is 5.95. The SMILES string of the molecule is CCOC(=O)c1[nH]ccc1N=C(N)CCOC.Cl. The van der Waals surface area contributed by atoms with Crippen molar-refractivity contribution < 1.29 is 14.3 Å². The van der Waals surface area contributed by atoms with Crippen molar-refractivity contribution >= 4 is 29.9 Å². The van der Waals surface area contributed by atoms with E-state index in [2.05, 4.69) is 9.98 Å². The molecule has 102 valence electrons. The molecule has 1 rings (SSSR count). The zero-order valence-electron chi connectivity index (χ0n) is 10.4. The van der Waals surface area contributed by atoms with E-state index in [1.165, 1.54) is 0 Å². The van der Waals surface area contributed by atoms with E-state index in [0.717, 1.165) is 0 Å². The molecule has 0 amide bonds. The molecule has 18 heavy (non-hydrogen) atoms. The van der Waals surface area contributed by atoms with Gasteiger partial charge in [-0.25, -0.2) is 9.79 Å². The molecule has 0 radical (unpaired) electrons. The summed E-state index contributed by atoms with van der Waals surface area (Å²) in [6.07, 6.45) is 2.14. The zero-order chi connectivity index (χ0) is 12.7. The van der Waals surface area contributed by atoms with E-state index in [1.54, 1.807) is 26.3 Å². The molecule has 0 aromatic carbocycles. The molecule has 0 bridgehead atoms. The van der Waals surface area contributed by atoms with Crippen molar-refractivity contribution in [1.29, 1.82) is 0 Å². The number of halogens is 1. The van der Waals surface area contributed by atoms with Crippen LogP contribution in [0.15, 0.2) is 17.3 Å². The van der Waals surface area contributed by atoms with Gasteiger partial charge in [-0.05, 0) is 13.0 Å². The number of nitrogens with zero attached hydrogens (tertiary/aromatic N) is 1. The number of methoxy groups -OCH3 is 1. The van der Waals surface area contributed by atoms with Crippen LogP contribution < -0.4 is 5.73 Å². The number of nitrogens with one attached hydrogen (secondary N) is 1. The number of rotatable bonds is 6. The predicted molar refractivity (Wildman–Crippen MR) is 71.8 cm³/mol. The monoisotopic (exact) mass is 275 g/mol. The van der Waals surface area contributed by atoms with Crippen LogP contribution in [0.25, 0.3) is 0 Å². The Morgan fingerprint density at radius 1 is 1.56 bits per heavy atom. The van der Waals surface area contributed by atoms with Crippen LogP contribution in [-0.2, 0) is 9.47 Å². The number of aliphatic imine (C=N–C) groups is 1. The fraction of sp³-hybridized carbons (Fsp3) is 0.455. The van der Waals surface area contributed by atoms with Crippen LogP contribution in [0.3, 0.4) is 0 Å². The van der Waals surface area contributed by atoms with E-state index in [9.17, 15) is 4.79 Å². The predicted octanol–water partition coefficient (Wildman–Crippen LogP) is 1.64. The van der Waals surface area contributed by atoms with Crippen molar-refractivity contribution in [3.8, 4) is 0 Å². The van der Waals surface area contributed by atoms with Gasteiger partial charge in [0.15, 0.2) is 5.69 Å². The molecular formula is C11H18ClN3O3. The third-order valence-electron chi connectivity index (χ3n) is 2.03. The third-order valence-corrected chi connectivity index (χ3v) is 2.03. The maximum Gasteiger partial charge on any atom is 0.356 e. The Morgan fingerprint density at radius 2 is 2.28 bits per heavy atom. The van der Waals surface area contributed by atoms with Gasteiger partial charge >= 0.3 is 5.97 Å². The number of H-pyrrole nitrogens is 1. The van der Waals surface area contributed by atoms with Crippen LogP contribution in [0.2, 0.25) is 0 Å². The standard InChI is InChI=1S/C11H17N3O3.ClH/c1-3-17-11(15)10-8(4-6-13-10)14-9(12)5-7-16-2;/h4,6,13H,3,5,7H2,1-2H3,(H2,12,14);1H. The summed E-state index contributed by atoms with van der Waals surface area (Å²) < 4.78 is 9.77.